The van der Waals surface area contributed by atoms with Crippen molar-refractivity contribution in [1.82, 2.24) is 4.72 Å². The number of nitriles is 1. The zero-order chi connectivity index (χ0) is 16.9. The van der Waals surface area contributed by atoms with Gasteiger partial charge in [0.15, 0.2) is 0 Å². The first-order valence-electron chi connectivity index (χ1n) is 6.47. The lowest BCUT2D eigenvalue weighted by Crippen LogP contribution is -2.33. The fourth-order valence-corrected chi connectivity index (χ4v) is 3.28. The van der Waals surface area contributed by atoms with E-state index in [9.17, 15) is 13.2 Å². The number of carbonyl (C=O) groups is 1. The summed E-state index contributed by atoms with van der Waals surface area (Å²) in [5, 5.41) is 11.5. The molecule has 118 valence electrons. The molecule has 0 saturated heterocycles. The molecule has 0 bridgehead atoms. The second kappa shape index (κ2) is 7.24. The van der Waals surface area contributed by atoms with Crippen LogP contribution in [0.15, 0.2) is 53.4 Å². The van der Waals surface area contributed by atoms with Gasteiger partial charge in [0.05, 0.1) is 22.8 Å². The summed E-state index contributed by atoms with van der Waals surface area (Å²) in [5.41, 5.74) is 0.603. The average molecular weight is 350 g/mol. The molecule has 2 aromatic rings. The highest BCUT2D eigenvalue weighted by molar-refractivity contribution is 7.89. The minimum Gasteiger partial charge on any atom is -0.324 e. The number of sulfonamides is 1. The van der Waals surface area contributed by atoms with Gasteiger partial charge in [-0.25, -0.2) is 13.1 Å². The van der Waals surface area contributed by atoms with Gasteiger partial charge in [-0.15, -0.1) is 0 Å². The lowest BCUT2D eigenvalue weighted by Gasteiger charge is -2.09. The molecule has 8 heteroatoms. The SMILES string of the molecule is N#Cc1ccccc1NC(=O)CNS(=O)(=O)c1ccccc1Cl. The lowest BCUT2D eigenvalue weighted by molar-refractivity contribution is -0.115. The molecule has 0 aliphatic carbocycles. The quantitative estimate of drug-likeness (QED) is 0.863. The van der Waals surface area contributed by atoms with E-state index >= 15 is 0 Å². The van der Waals surface area contributed by atoms with Crippen LogP contribution in [0.5, 0.6) is 0 Å². The van der Waals surface area contributed by atoms with Gasteiger partial charge in [-0.1, -0.05) is 35.9 Å². The number of benzene rings is 2. The Balaban J connectivity index is 2.05. The Bertz CT molecular complexity index is 876. The Morgan fingerprint density at radius 3 is 2.48 bits per heavy atom. The Kier molecular flexibility index (Phi) is 5.34. The van der Waals surface area contributed by atoms with Gasteiger partial charge in [0.1, 0.15) is 11.0 Å². The van der Waals surface area contributed by atoms with Crippen LogP contribution in [-0.4, -0.2) is 20.9 Å². The second-order valence-electron chi connectivity index (χ2n) is 4.46. The molecule has 23 heavy (non-hydrogen) atoms. The molecule has 0 unspecified atom stereocenters. The van der Waals surface area contributed by atoms with Crippen LogP contribution in [0.3, 0.4) is 0 Å². The molecule has 0 radical (unpaired) electrons. The summed E-state index contributed by atoms with van der Waals surface area (Å²) in [6.45, 7) is -0.479. The van der Waals surface area contributed by atoms with Crippen LogP contribution in [0.1, 0.15) is 5.56 Å². The molecule has 0 atom stereocenters. The predicted octanol–water partition coefficient (Wildman–Crippen LogP) is 2.13. The summed E-state index contributed by atoms with van der Waals surface area (Å²) < 4.78 is 26.4. The van der Waals surface area contributed by atoms with Crippen LogP contribution >= 0.6 is 11.6 Å². The zero-order valence-electron chi connectivity index (χ0n) is 11.8. The highest BCUT2D eigenvalue weighted by Gasteiger charge is 2.18. The van der Waals surface area contributed by atoms with Crippen molar-refractivity contribution in [3.8, 4) is 6.07 Å². The van der Waals surface area contributed by atoms with E-state index in [1.165, 1.54) is 18.2 Å². The van der Waals surface area contributed by atoms with Crippen molar-refractivity contribution in [3.05, 3.63) is 59.1 Å². The Morgan fingerprint density at radius 2 is 1.78 bits per heavy atom. The van der Waals surface area contributed by atoms with Crippen molar-refractivity contribution >= 4 is 33.2 Å². The molecule has 2 aromatic carbocycles. The average Bonchev–Trinajstić information content (AvgIpc) is 2.54. The molecule has 0 aliphatic rings. The van der Waals surface area contributed by atoms with E-state index in [2.05, 4.69) is 10.0 Å². The predicted molar refractivity (Wildman–Crippen MR) is 86.4 cm³/mol. The van der Waals surface area contributed by atoms with E-state index in [-0.39, 0.29) is 15.5 Å². The maximum Gasteiger partial charge on any atom is 0.242 e. The van der Waals surface area contributed by atoms with E-state index in [1.54, 1.807) is 30.3 Å². The maximum absolute atomic E-state index is 12.1. The van der Waals surface area contributed by atoms with Gasteiger partial charge in [0.25, 0.3) is 0 Å². The summed E-state index contributed by atoms with van der Waals surface area (Å²) in [6.07, 6.45) is 0. The number of rotatable bonds is 5. The Morgan fingerprint density at radius 1 is 1.13 bits per heavy atom. The van der Waals surface area contributed by atoms with Crippen LogP contribution in [0, 0.1) is 11.3 Å². The highest BCUT2D eigenvalue weighted by atomic mass is 35.5. The third-order valence-corrected chi connectivity index (χ3v) is 4.77. The van der Waals surface area contributed by atoms with Crippen molar-refractivity contribution < 1.29 is 13.2 Å². The van der Waals surface area contributed by atoms with Gasteiger partial charge in [-0.3, -0.25) is 4.79 Å². The first-order chi connectivity index (χ1) is 10.9. The van der Waals surface area contributed by atoms with Gasteiger partial charge >= 0.3 is 0 Å². The standard InChI is InChI=1S/C15H12ClN3O3S/c16-12-6-2-4-8-14(12)23(21,22)18-10-15(20)19-13-7-3-1-5-11(13)9-17/h1-8,18H,10H2,(H,19,20). The number of amides is 1. The first-order valence-corrected chi connectivity index (χ1v) is 8.33. The second-order valence-corrected chi connectivity index (χ2v) is 6.60. The van der Waals surface area contributed by atoms with Crippen molar-refractivity contribution in [1.29, 1.82) is 5.26 Å². The monoisotopic (exact) mass is 349 g/mol. The van der Waals surface area contributed by atoms with E-state index in [1.807, 2.05) is 6.07 Å². The van der Waals surface area contributed by atoms with Gasteiger partial charge < -0.3 is 5.32 Å². The lowest BCUT2D eigenvalue weighted by atomic mass is 10.2. The number of hydrogen-bond donors (Lipinski definition) is 2. The topological polar surface area (TPSA) is 99.1 Å². The maximum atomic E-state index is 12.1. The van der Waals surface area contributed by atoms with Crippen LogP contribution < -0.4 is 10.0 Å². The zero-order valence-corrected chi connectivity index (χ0v) is 13.4. The van der Waals surface area contributed by atoms with E-state index in [0.717, 1.165) is 0 Å². The summed E-state index contributed by atoms with van der Waals surface area (Å²) in [6, 6.07) is 14.3. The molecule has 0 aromatic heterocycles. The van der Waals surface area contributed by atoms with Crippen LogP contribution in [0.25, 0.3) is 0 Å². The third-order valence-electron chi connectivity index (χ3n) is 2.87. The number of carbonyl (C=O) groups excluding carboxylic acids is 1. The van der Waals surface area contributed by atoms with E-state index in [4.69, 9.17) is 16.9 Å². The summed E-state index contributed by atoms with van der Waals surface area (Å²) in [4.78, 5) is 11.8. The molecular weight excluding hydrogens is 338 g/mol. The van der Waals surface area contributed by atoms with E-state index < -0.39 is 22.5 Å². The number of nitrogens with one attached hydrogen (secondary N) is 2. The largest absolute Gasteiger partial charge is 0.324 e. The Labute approximate surface area is 138 Å². The molecule has 0 fully saturated rings. The normalized spacial score (nSPS) is 10.8. The number of anilines is 1. The molecule has 1 amide bonds. The van der Waals surface area contributed by atoms with E-state index in [0.29, 0.717) is 5.69 Å². The molecule has 0 spiro atoms. The summed E-state index contributed by atoms with van der Waals surface area (Å²) >= 11 is 5.84. The number of hydrogen-bond acceptors (Lipinski definition) is 4. The molecule has 0 aliphatic heterocycles. The number of para-hydroxylation sites is 1. The van der Waals surface area contributed by atoms with Crippen molar-refractivity contribution in [2.75, 3.05) is 11.9 Å². The van der Waals surface area contributed by atoms with Crippen molar-refractivity contribution in [3.63, 3.8) is 0 Å². The Hall–Kier alpha value is -2.40. The van der Waals surface area contributed by atoms with Gasteiger partial charge in [-0.2, -0.15) is 5.26 Å². The third kappa shape index (κ3) is 4.29. The van der Waals surface area contributed by atoms with Gasteiger partial charge in [0, 0.05) is 0 Å². The van der Waals surface area contributed by atoms with Crippen LogP contribution in [0.4, 0.5) is 5.69 Å². The van der Waals surface area contributed by atoms with Crippen LogP contribution in [0.2, 0.25) is 5.02 Å². The van der Waals surface area contributed by atoms with Gasteiger partial charge in [0.2, 0.25) is 15.9 Å². The molecule has 0 heterocycles. The number of halogens is 1. The summed E-state index contributed by atoms with van der Waals surface area (Å²) in [5.74, 6) is -0.594. The summed E-state index contributed by atoms with van der Waals surface area (Å²) in [7, 11) is -3.90. The van der Waals surface area contributed by atoms with Crippen molar-refractivity contribution in [2.45, 2.75) is 4.90 Å². The molecule has 2 rings (SSSR count). The van der Waals surface area contributed by atoms with Crippen molar-refractivity contribution in [2.24, 2.45) is 0 Å². The fraction of sp³-hybridized carbons (Fsp3) is 0.0667. The molecule has 6 nitrogen and oxygen atoms in total. The minimum absolute atomic E-state index is 0.0650. The minimum atomic E-state index is -3.90. The molecule has 2 N–H and O–H groups in total. The smallest absolute Gasteiger partial charge is 0.242 e. The first kappa shape index (κ1) is 17.0. The fourth-order valence-electron chi connectivity index (χ4n) is 1.78. The molecule has 0 saturated carbocycles. The molecular formula is C15H12ClN3O3S. The highest BCUT2D eigenvalue weighted by Crippen LogP contribution is 2.20. The van der Waals surface area contributed by atoms with Crippen LogP contribution in [-0.2, 0) is 14.8 Å². The number of nitrogens with zero attached hydrogens (tertiary/aromatic N) is 1. The van der Waals surface area contributed by atoms with Gasteiger partial charge in [-0.05, 0) is 24.3 Å².